The summed E-state index contributed by atoms with van der Waals surface area (Å²) in [7, 11) is 4.07. The number of amides is 1. The lowest BCUT2D eigenvalue weighted by Crippen LogP contribution is -2.41. The highest BCUT2D eigenvalue weighted by atomic mass is 16.2. The van der Waals surface area contributed by atoms with Crippen molar-refractivity contribution in [3.63, 3.8) is 0 Å². The number of likely N-dealkylation sites (tertiary alicyclic amines) is 1. The van der Waals surface area contributed by atoms with Gasteiger partial charge in [-0.25, -0.2) is 0 Å². The van der Waals surface area contributed by atoms with Gasteiger partial charge in [0.05, 0.1) is 6.04 Å². The standard InChI is InChI=1S/C18H27N3O/c1-20(2)14-10-8-13(9-11-14)18-16(19)12-17(22)21(18)15-6-4-3-5-7-15/h8-11,15-16,18H,3-7,12,19H2,1-2H3. The number of anilines is 1. The molecule has 0 aromatic heterocycles. The smallest absolute Gasteiger partial charge is 0.225 e. The molecule has 1 heterocycles. The molecule has 22 heavy (non-hydrogen) atoms. The summed E-state index contributed by atoms with van der Waals surface area (Å²) in [5.41, 5.74) is 8.67. The summed E-state index contributed by atoms with van der Waals surface area (Å²) in [5, 5.41) is 0. The molecule has 2 N–H and O–H groups in total. The summed E-state index contributed by atoms with van der Waals surface area (Å²) >= 11 is 0. The van der Waals surface area contributed by atoms with Crippen molar-refractivity contribution in [3.8, 4) is 0 Å². The highest BCUT2D eigenvalue weighted by Gasteiger charge is 2.42. The first-order valence-corrected chi connectivity index (χ1v) is 8.42. The average Bonchev–Trinajstić information content (AvgIpc) is 2.82. The molecule has 0 radical (unpaired) electrons. The molecule has 4 nitrogen and oxygen atoms in total. The molecule has 2 fully saturated rings. The Morgan fingerprint density at radius 3 is 2.32 bits per heavy atom. The van der Waals surface area contributed by atoms with Crippen LogP contribution in [0, 0.1) is 0 Å². The normalized spacial score (nSPS) is 26.5. The Hall–Kier alpha value is -1.55. The maximum atomic E-state index is 12.5. The van der Waals surface area contributed by atoms with Crippen molar-refractivity contribution in [3.05, 3.63) is 29.8 Å². The summed E-state index contributed by atoms with van der Waals surface area (Å²) in [6.45, 7) is 0. The van der Waals surface area contributed by atoms with E-state index in [-0.39, 0.29) is 18.0 Å². The molecule has 3 rings (SSSR count). The van der Waals surface area contributed by atoms with Crippen LogP contribution in [0.15, 0.2) is 24.3 Å². The van der Waals surface area contributed by atoms with Gasteiger partial charge in [-0.05, 0) is 30.5 Å². The lowest BCUT2D eigenvalue weighted by Gasteiger charge is -2.37. The van der Waals surface area contributed by atoms with Gasteiger partial charge in [0, 0.05) is 38.3 Å². The van der Waals surface area contributed by atoms with E-state index in [2.05, 4.69) is 34.1 Å². The van der Waals surface area contributed by atoms with Crippen molar-refractivity contribution in [2.75, 3.05) is 19.0 Å². The van der Waals surface area contributed by atoms with Crippen LogP contribution >= 0.6 is 0 Å². The van der Waals surface area contributed by atoms with Crippen molar-refractivity contribution in [1.82, 2.24) is 4.90 Å². The number of nitrogens with zero attached hydrogens (tertiary/aromatic N) is 2. The molecule has 1 amide bonds. The second-order valence-corrected chi connectivity index (χ2v) is 6.89. The number of nitrogens with two attached hydrogens (primary N) is 1. The molecule has 1 aromatic carbocycles. The highest BCUT2D eigenvalue weighted by molar-refractivity contribution is 5.80. The van der Waals surface area contributed by atoms with Gasteiger partial charge in [-0.3, -0.25) is 4.79 Å². The average molecular weight is 301 g/mol. The van der Waals surface area contributed by atoms with E-state index >= 15 is 0 Å². The van der Waals surface area contributed by atoms with Crippen LogP contribution in [-0.4, -0.2) is 37.0 Å². The third-order valence-corrected chi connectivity index (χ3v) is 5.12. The second kappa shape index (κ2) is 6.29. The fourth-order valence-electron chi connectivity index (χ4n) is 3.95. The summed E-state index contributed by atoms with van der Waals surface area (Å²) < 4.78 is 0. The van der Waals surface area contributed by atoms with Crippen LogP contribution in [0.4, 0.5) is 5.69 Å². The van der Waals surface area contributed by atoms with E-state index in [1.807, 2.05) is 14.1 Å². The first kappa shape index (κ1) is 15.3. The van der Waals surface area contributed by atoms with Crippen LogP contribution in [0.1, 0.15) is 50.1 Å². The van der Waals surface area contributed by atoms with E-state index in [1.54, 1.807) is 0 Å². The van der Waals surface area contributed by atoms with Gasteiger partial charge in [0.25, 0.3) is 0 Å². The molecule has 2 atom stereocenters. The fourth-order valence-corrected chi connectivity index (χ4v) is 3.95. The molecule has 1 aliphatic carbocycles. The molecular formula is C18H27N3O. The van der Waals surface area contributed by atoms with E-state index in [0.29, 0.717) is 12.5 Å². The molecule has 2 aliphatic rings. The van der Waals surface area contributed by atoms with Crippen molar-refractivity contribution in [2.24, 2.45) is 5.73 Å². The number of carbonyl (C=O) groups is 1. The van der Waals surface area contributed by atoms with Gasteiger partial charge in [0.1, 0.15) is 0 Å². The zero-order chi connectivity index (χ0) is 15.7. The van der Waals surface area contributed by atoms with E-state index in [4.69, 9.17) is 5.73 Å². The van der Waals surface area contributed by atoms with Gasteiger partial charge in [-0.1, -0.05) is 31.4 Å². The van der Waals surface area contributed by atoms with Crippen molar-refractivity contribution < 1.29 is 4.79 Å². The number of carbonyl (C=O) groups excluding carboxylic acids is 1. The number of rotatable bonds is 3. The maximum absolute atomic E-state index is 12.5. The molecule has 1 aliphatic heterocycles. The van der Waals surface area contributed by atoms with E-state index in [9.17, 15) is 4.79 Å². The Labute approximate surface area is 133 Å². The lowest BCUT2D eigenvalue weighted by atomic mass is 9.92. The van der Waals surface area contributed by atoms with E-state index in [0.717, 1.165) is 12.8 Å². The van der Waals surface area contributed by atoms with Gasteiger partial charge in [-0.2, -0.15) is 0 Å². The van der Waals surface area contributed by atoms with Crippen LogP contribution in [0.5, 0.6) is 0 Å². The topological polar surface area (TPSA) is 49.6 Å². The summed E-state index contributed by atoms with van der Waals surface area (Å²) in [6.07, 6.45) is 6.50. The SMILES string of the molecule is CN(C)c1ccc(C2C(N)CC(=O)N2C2CCCCC2)cc1. The van der Waals surface area contributed by atoms with E-state index < -0.39 is 0 Å². The number of hydrogen-bond donors (Lipinski definition) is 1. The van der Waals surface area contributed by atoms with E-state index in [1.165, 1.54) is 30.5 Å². The maximum Gasteiger partial charge on any atom is 0.225 e. The Kier molecular flexibility index (Phi) is 4.39. The third-order valence-electron chi connectivity index (χ3n) is 5.12. The van der Waals surface area contributed by atoms with Crippen LogP contribution in [0.2, 0.25) is 0 Å². The molecule has 120 valence electrons. The van der Waals surface area contributed by atoms with Crippen molar-refractivity contribution in [2.45, 2.75) is 56.7 Å². The molecule has 4 heteroatoms. The molecule has 0 spiro atoms. The van der Waals surface area contributed by atoms with Gasteiger partial charge >= 0.3 is 0 Å². The minimum Gasteiger partial charge on any atom is -0.378 e. The van der Waals surface area contributed by atoms with Crippen molar-refractivity contribution >= 4 is 11.6 Å². The Morgan fingerprint density at radius 2 is 1.73 bits per heavy atom. The molecule has 1 aromatic rings. The van der Waals surface area contributed by atoms with Crippen LogP contribution in [-0.2, 0) is 4.79 Å². The van der Waals surface area contributed by atoms with Crippen molar-refractivity contribution in [1.29, 1.82) is 0 Å². The number of benzene rings is 1. The summed E-state index contributed by atoms with van der Waals surface area (Å²) in [5.74, 6) is 0.237. The first-order valence-electron chi connectivity index (χ1n) is 8.42. The van der Waals surface area contributed by atoms with Gasteiger partial charge in [-0.15, -0.1) is 0 Å². The molecule has 1 saturated carbocycles. The molecule has 2 unspecified atom stereocenters. The Bertz CT molecular complexity index is 520. The molecule has 1 saturated heterocycles. The largest absolute Gasteiger partial charge is 0.378 e. The summed E-state index contributed by atoms with van der Waals surface area (Å²) in [4.78, 5) is 16.7. The zero-order valence-corrected chi connectivity index (χ0v) is 13.7. The lowest BCUT2D eigenvalue weighted by molar-refractivity contribution is -0.132. The van der Waals surface area contributed by atoms with Gasteiger partial charge in [0.15, 0.2) is 0 Å². The van der Waals surface area contributed by atoms with Gasteiger partial charge in [0.2, 0.25) is 5.91 Å². The predicted octanol–water partition coefficient (Wildman–Crippen LogP) is 2.69. The Morgan fingerprint density at radius 1 is 1.09 bits per heavy atom. The minimum absolute atomic E-state index is 0.0480. The fraction of sp³-hybridized carbons (Fsp3) is 0.611. The molecule has 0 bridgehead atoms. The quantitative estimate of drug-likeness (QED) is 0.934. The Balaban J connectivity index is 1.86. The second-order valence-electron chi connectivity index (χ2n) is 6.89. The van der Waals surface area contributed by atoms with Crippen LogP contribution in [0.25, 0.3) is 0 Å². The highest BCUT2D eigenvalue weighted by Crippen LogP contribution is 2.38. The minimum atomic E-state index is -0.0837. The monoisotopic (exact) mass is 301 g/mol. The zero-order valence-electron chi connectivity index (χ0n) is 13.7. The van der Waals surface area contributed by atoms with Crippen LogP contribution in [0.3, 0.4) is 0 Å². The predicted molar refractivity (Wildman–Crippen MR) is 89.8 cm³/mol. The first-order chi connectivity index (χ1) is 10.6. The summed E-state index contributed by atoms with van der Waals surface area (Å²) in [6, 6.07) is 8.84. The van der Waals surface area contributed by atoms with Crippen LogP contribution < -0.4 is 10.6 Å². The molecular weight excluding hydrogens is 274 g/mol. The van der Waals surface area contributed by atoms with Gasteiger partial charge < -0.3 is 15.5 Å². The number of hydrogen-bond acceptors (Lipinski definition) is 3. The third kappa shape index (κ3) is 2.84.